The molecular formula is C13H15N3O4. The summed E-state index contributed by atoms with van der Waals surface area (Å²) in [7, 11) is 0. The lowest BCUT2D eigenvalue weighted by atomic mass is 10.1. The molecule has 1 aromatic rings. The summed E-state index contributed by atoms with van der Waals surface area (Å²) in [6.07, 6.45) is 0.276. The minimum absolute atomic E-state index is 0.0354. The molecule has 1 aromatic carbocycles. The third-order valence-corrected chi connectivity index (χ3v) is 3.25. The lowest BCUT2D eigenvalue weighted by Gasteiger charge is -2.20. The van der Waals surface area contributed by atoms with E-state index in [0.717, 1.165) is 0 Å². The van der Waals surface area contributed by atoms with E-state index < -0.39 is 4.92 Å². The Kier molecular flexibility index (Phi) is 3.97. The summed E-state index contributed by atoms with van der Waals surface area (Å²) >= 11 is 0. The molecule has 0 atom stereocenters. The van der Waals surface area contributed by atoms with Crippen LogP contribution >= 0.6 is 0 Å². The van der Waals surface area contributed by atoms with Gasteiger partial charge in [-0.1, -0.05) is 0 Å². The van der Waals surface area contributed by atoms with Crippen LogP contribution in [0.5, 0.6) is 0 Å². The van der Waals surface area contributed by atoms with Crippen LogP contribution in [0.15, 0.2) is 18.2 Å². The summed E-state index contributed by atoms with van der Waals surface area (Å²) in [4.78, 5) is 35.4. The molecule has 1 N–H and O–H groups in total. The van der Waals surface area contributed by atoms with Crippen molar-refractivity contribution in [2.45, 2.75) is 13.3 Å². The zero-order chi connectivity index (χ0) is 14.7. The number of carbonyl (C=O) groups is 2. The van der Waals surface area contributed by atoms with E-state index in [2.05, 4.69) is 5.32 Å². The Morgan fingerprint density at radius 1 is 1.40 bits per heavy atom. The van der Waals surface area contributed by atoms with Crippen molar-refractivity contribution >= 4 is 17.5 Å². The number of nitro benzene ring substituents is 1. The topological polar surface area (TPSA) is 92.6 Å². The first-order valence-electron chi connectivity index (χ1n) is 6.30. The molecule has 20 heavy (non-hydrogen) atoms. The number of benzene rings is 1. The Bertz CT molecular complexity index is 571. The number of nitrogens with zero attached hydrogens (tertiary/aromatic N) is 2. The average Bonchev–Trinajstić information content (AvgIpc) is 2.62. The fourth-order valence-corrected chi connectivity index (χ4v) is 2.14. The molecule has 2 amide bonds. The standard InChI is InChI=1S/C13H15N3O4/c1-9-8-10(16(19)20)2-3-11(9)13(18)15-6-4-12(17)14-5-7-15/h2-3,8H,4-7H2,1H3,(H,14,17). The van der Waals surface area contributed by atoms with Crippen LogP contribution < -0.4 is 5.32 Å². The van der Waals surface area contributed by atoms with Gasteiger partial charge in [0.25, 0.3) is 11.6 Å². The van der Waals surface area contributed by atoms with Crippen molar-refractivity contribution in [3.05, 3.63) is 39.4 Å². The normalized spacial score (nSPS) is 15.4. The first-order valence-corrected chi connectivity index (χ1v) is 6.30. The largest absolute Gasteiger partial charge is 0.354 e. The first kappa shape index (κ1) is 14.0. The van der Waals surface area contributed by atoms with Crippen molar-refractivity contribution in [1.29, 1.82) is 0 Å². The number of carbonyl (C=O) groups excluding carboxylic acids is 2. The molecule has 0 saturated carbocycles. The van der Waals surface area contributed by atoms with E-state index in [1.54, 1.807) is 11.8 Å². The monoisotopic (exact) mass is 277 g/mol. The van der Waals surface area contributed by atoms with Gasteiger partial charge >= 0.3 is 0 Å². The number of aryl methyl sites for hydroxylation is 1. The Balaban J connectivity index is 2.20. The second-order valence-corrected chi connectivity index (χ2v) is 4.65. The summed E-state index contributed by atoms with van der Waals surface area (Å²) in [6.45, 7) is 2.90. The van der Waals surface area contributed by atoms with E-state index in [9.17, 15) is 19.7 Å². The fourth-order valence-electron chi connectivity index (χ4n) is 2.14. The zero-order valence-electron chi connectivity index (χ0n) is 11.1. The minimum Gasteiger partial charge on any atom is -0.354 e. The summed E-state index contributed by atoms with van der Waals surface area (Å²) in [5, 5.41) is 13.4. The van der Waals surface area contributed by atoms with Gasteiger partial charge in [0.1, 0.15) is 0 Å². The predicted octanol–water partition coefficient (Wildman–Crippen LogP) is 0.865. The SMILES string of the molecule is Cc1cc([N+](=O)[O-])ccc1C(=O)N1CCNC(=O)CC1. The number of non-ortho nitro benzene ring substituents is 1. The van der Waals surface area contributed by atoms with Crippen LogP contribution in [-0.4, -0.2) is 41.3 Å². The predicted molar refractivity (Wildman–Crippen MR) is 71.4 cm³/mol. The number of amides is 2. The summed E-state index contributed by atoms with van der Waals surface area (Å²) in [5.74, 6) is -0.269. The van der Waals surface area contributed by atoms with Crippen LogP contribution in [0.2, 0.25) is 0 Å². The maximum atomic E-state index is 12.4. The van der Waals surface area contributed by atoms with Crippen LogP contribution in [-0.2, 0) is 4.79 Å². The fraction of sp³-hybridized carbons (Fsp3) is 0.385. The van der Waals surface area contributed by atoms with E-state index in [4.69, 9.17) is 0 Å². The van der Waals surface area contributed by atoms with Gasteiger partial charge in [0.05, 0.1) is 4.92 Å². The van der Waals surface area contributed by atoms with Gasteiger partial charge in [-0.2, -0.15) is 0 Å². The third-order valence-electron chi connectivity index (χ3n) is 3.25. The molecule has 0 spiro atoms. The highest BCUT2D eigenvalue weighted by atomic mass is 16.6. The van der Waals surface area contributed by atoms with Crippen molar-refractivity contribution in [3.8, 4) is 0 Å². The van der Waals surface area contributed by atoms with Crippen molar-refractivity contribution in [2.75, 3.05) is 19.6 Å². The van der Waals surface area contributed by atoms with Crippen molar-refractivity contribution in [1.82, 2.24) is 10.2 Å². The molecule has 1 aliphatic heterocycles. The van der Waals surface area contributed by atoms with Gasteiger partial charge in [0.15, 0.2) is 0 Å². The maximum Gasteiger partial charge on any atom is 0.269 e. The summed E-state index contributed by atoms with van der Waals surface area (Å²) < 4.78 is 0. The van der Waals surface area contributed by atoms with E-state index in [-0.39, 0.29) is 23.9 Å². The van der Waals surface area contributed by atoms with Crippen LogP contribution in [0.4, 0.5) is 5.69 Å². The van der Waals surface area contributed by atoms with E-state index in [1.807, 2.05) is 0 Å². The lowest BCUT2D eigenvalue weighted by Crippen LogP contribution is -2.34. The van der Waals surface area contributed by atoms with Gasteiger partial charge in [0, 0.05) is 43.8 Å². The molecule has 0 aliphatic carbocycles. The molecule has 0 aromatic heterocycles. The Morgan fingerprint density at radius 2 is 2.15 bits per heavy atom. The minimum atomic E-state index is -0.490. The van der Waals surface area contributed by atoms with Gasteiger partial charge in [-0.15, -0.1) is 0 Å². The average molecular weight is 277 g/mol. The van der Waals surface area contributed by atoms with Gasteiger partial charge < -0.3 is 10.2 Å². The van der Waals surface area contributed by atoms with Crippen LogP contribution in [0.25, 0.3) is 0 Å². The smallest absolute Gasteiger partial charge is 0.269 e. The van der Waals surface area contributed by atoms with Crippen molar-refractivity contribution < 1.29 is 14.5 Å². The van der Waals surface area contributed by atoms with Gasteiger partial charge in [-0.25, -0.2) is 0 Å². The van der Waals surface area contributed by atoms with Crippen LogP contribution in [0, 0.1) is 17.0 Å². The van der Waals surface area contributed by atoms with E-state index in [0.29, 0.717) is 30.8 Å². The van der Waals surface area contributed by atoms with Gasteiger partial charge in [0.2, 0.25) is 5.91 Å². The molecule has 7 heteroatoms. The molecule has 1 saturated heterocycles. The highest BCUT2D eigenvalue weighted by molar-refractivity contribution is 5.96. The number of rotatable bonds is 2. The molecule has 1 aliphatic rings. The Morgan fingerprint density at radius 3 is 2.80 bits per heavy atom. The number of nitrogens with one attached hydrogen (secondary N) is 1. The molecular weight excluding hydrogens is 262 g/mol. The quantitative estimate of drug-likeness (QED) is 0.641. The van der Waals surface area contributed by atoms with Crippen LogP contribution in [0.3, 0.4) is 0 Å². The third kappa shape index (κ3) is 2.93. The van der Waals surface area contributed by atoms with Crippen LogP contribution in [0.1, 0.15) is 22.3 Å². The maximum absolute atomic E-state index is 12.4. The Hall–Kier alpha value is -2.44. The molecule has 7 nitrogen and oxygen atoms in total. The second-order valence-electron chi connectivity index (χ2n) is 4.65. The molecule has 106 valence electrons. The molecule has 2 rings (SSSR count). The zero-order valence-corrected chi connectivity index (χ0v) is 11.1. The highest BCUT2D eigenvalue weighted by Crippen LogP contribution is 2.19. The molecule has 0 radical (unpaired) electrons. The summed E-state index contributed by atoms with van der Waals surface area (Å²) in [6, 6.07) is 4.17. The van der Waals surface area contributed by atoms with E-state index >= 15 is 0 Å². The molecule has 0 bridgehead atoms. The van der Waals surface area contributed by atoms with Gasteiger partial charge in [-0.05, 0) is 18.6 Å². The second kappa shape index (κ2) is 5.68. The molecule has 1 heterocycles. The van der Waals surface area contributed by atoms with E-state index in [1.165, 1.54) is 18.2 Å². The number of hydrogen-bond donors (Lipinski definition) is 1. The lowest BCUT2D eigenvalue weighted by molar-refractivity contribution is -0.384. The Labute approximate surface area is 115 Å². The summed E-state index contributed by atoms with van der Waals surface area (Å²) in [5.41, 5.74) is 0.962. The van der Waals surface area contributed by atoms with Crippen molar-refractivity contribution in [2.24, 2.45) is 0 Å². The highest BCUT2D eigenvalue weighted by Gasteiger charge is 2.22. The number of nitro groups is 1. The van der Waals surface area contributed by atoms with Crippen molar-refractivity contribution in [3.63, 3.8) is 0 Å². The molecule has 0 unspecified atom stereocenters. The number of hydrogen-bond acceptors (Lipinski definition) is 4. The first-order chi connectivity index (χ1) is 9.49. The van der Waals surface area contributed by atoms with Gasteiger partial charge in [-0.3, -0.25) is 19.7 Å². The molecule has 1 fully saturated rings.